The first kappa shape index (κ1) is 19.7. The van der Waals surface area contributed by atoms with E-state index in [4.69, 9.17) is 5.10 Å². The van der Waals surface area contributed by atoms with Gasteiger partial charge in [-0.05, 0) is 43.2 Å². The number of nitrogens with zero attached hydrogens (tertiary/aromatic N) is 4. The second kappa shape index (κ2) is 8.82. The molecule has 1 aliphatic rings. The summed E-state index contributed by atoms with van der Waals surface area (Å²) in [6.45, 7) is 6.23. The van der Waals surface area contributed by atoms with Gasteiger partial charge in [0, 0.05) is 24.9 Å². The number of benzene rings is 2. The Morgan fingerprint density at radius 3 is 2.20 bits per heavy atom. The van der Waals surface area contributed by atoms with Crippen LogP contribution in [0.5, 0.6) is 0 Å². The Kier molecular flexibility index (Phi) is 5.80. The number of aromatic nitrogens is 1. The first-order valence-electron chi connectivity index (χ1n) is 10.4. The van der Waals surface area contributed by atoms with Crippen molar-refractivity contribution in [1.29, 1.82) is 0 Å². The second-order valence-corrected chi connectivity index (χ2v) is 7.15. The molecule has 0 aliphatic carbocycles. The molecule has 0 bridgehead atoms. The largest absolute Gasteiger partial charge is 0.355 e. The third kappa shape index (κ3) is 3.92. The van der Waals surface area contributed by atoms with Crippen LogP contribution in [0.4, 0.5) is 4.79 Å². The Morgan fingerprint density at radius 2 is 1.53 bits per heavy atom. The van der Waals surface area contributed by atoms with Crippen LogP contribution in [0.25, 0.3) is 11.6 Å². The minimum absolute atomic E-state index is 0.160. The average molecular weight is 399 g/mol. The van der Waals surface area contributed by atoms with Gasteiger partial charge in [-0.25, -0.2) is 9.80 Å². The number of likely N-dealkylation sites (N-methyl/N-ethyl adjacent to an activating group) is 1. The molecule has 152 valence electrons. The van der Waals surface area contributed by atoms with Gasteiger partial charge in [0.15, 0.2) is 5.84 Å². The molecule has 30 heavy (non-hydrogen) atoms. The average Bonchev–Trinajstić information content (AvgIpc) is 3.25. The predicted octanol–water partition coefficient (Wildman–Crippen LogP) is 5.17. The molecule has 0 saturated heterocycles. The number of carbonyl (C=O) groups is 1. The van der Waals surface area contributed by atoms with Gasteiger partial charge in [0.05, 0.1) is 12.2 Å². The van der Waals surface area contributed by atoms with Crippen LogP contribution >= 0.6 is 0 Å². The van der Waals surface area contributed by atoms with Gasteiger partial charge < -0.3 is 4.90 Å². The molecule has 5 nitrogen and oxygen atoms in total. The Balaban J connectivity index is 1.90. The summed E-state index contributed by atoms with van der Waals surface area (Å²) in [5.41, 5.74) is 3.96. The molecule has 3 aromatic rings. The van der Waals surface area contributed by atoms with Gasteiger partial charge in [0.25, 0.3) is 0 Å². The van der Waals surface area contributed by atoms with Gasteiger partial charge >= 0.3 is 6.03 Å². The summed E-state index contributed by atoms with van der Waals surface area (Å²) >= 11 is 0. The van der Waals surface area contributed by atoms with Crippen LogP contribution in [0.15, 0.2) is 84.1 Å². The van der Waals surface area contributed by atoms with Crippen LogP contribution in [-0.2, 0) is 6.54 Å². The number of hydrogen-bond donors (Lipinski definition) is 0. The molecule has 0 N–H and O–H groups in total. The van der Waals surface area contributed by atoms with Crippen LogP contribution in [-0.4, -0.2) is 39.4 Å². The molecule has 0 fully saturated rings. The summed E-state index contributed by atoms with van der Waals surface area (Å²) in [6.07, 6.45) is 3.86. The fourth-order valence-corrected chi connectivity index (χ4v) is 3.68. The lowest BCUT2D eigenvalue weighted by Crippen LogP contribution is -2.38. The van der Waals surface area contributed by atoms with E-state index < -0.39 is 0 Å². The molecule has 5 heteroatoms. The number of fused-ring (bicyclic) bond motifs is 1. The van der Waals surface area contributed by atoms with Crippen molar-refractivity contribution < 1.29 is 4.79 Å². The fourth-order valence-electron chi connectivity index (χ4n) is 3.68. The minimum atomic E-state index is -0.160. The third-order valence-electron chi connectivity index (χ3n) is 5.28. The quantitative estimate of drug-likeness (QED) is 0.595. The molecule has 2 heterocycles. The molecular weight excluding hydrogens is 372 g/mol. The van der Waals surface area contributed by atoms with Gasteiger partial charge in [0.1, 0.15) is 0 Å². The zero-order valence-electron chi connectivity index (χ0n) is 17.4. The van der Waals surface area contributed by atoms with Crippen molar-refractivity contribution in [2.45, 2.75) is 20.4 Å². The van der Waals surface area contributed by atoms with E-state index >= 15 is 0 Å². The molecule has 2 aromatic carbocycles. The van der Waals surface area contributed by atoms with Gasteiger partial charge in [-0.3, -0.25) is 4.57 Å². The lowest BCUT2D eigenvalue weighted by molar-refractivity contribution is 0.198. The SMILES string of the molecule is CCN(CC)C1=N/N(Cc2ccccc2)C(=O)n2cccc2/C=C\1c1ccccc1. The maximum atomic E-state index is 13.4. The van der Waals surface area contributed by atoms with Crippen LogP contribution in [0, 0.1) is 0 Å². The number of amides is 1. The fraction of sp³-hybridized carbons (Fsp3) is 0.200. The highest BCUT2D eigenvalue weighted by Crippen LogP contribution is 2.26. The van der Waals surface area contributed by atoms with E-state index in [0.29, 0.717) is 6.54 Å². The summed E-state index contributed by atoms with van der Waals surface area (Å²) in [4.78, 5) is 15.6. The van der Waals surface area contributed by atoms with E-state index in [-0.39, 0.29) is 6.03 Å². The molecule has 0 radical (unpaired) electrons. The van der Waals surface area contributed by atoms with Gasteiger partial charge in [-0.2, -0.15) is 0 Å². The van der Waals surface area contributed by atoms with Crippen molar-refractivity contribution >= 4 is 23.5 Å². The summed E-state index contributed by atoms with van der Waals surface area (Å²) < 4.78 is 1.66. The molecular formula is C25H26N4O. The van der Waals surface area contributed by atoms with Crippen LogP contribution in [0.3, 0.4) is 0 Å². The smallest absolute Gasteiger partial charge is 0.349 e. The highest BCUT2D eigenvalue weighted by Gasteiger charge is 2.25. The summed E-state index contributed by atoms with van der Waals surface area (Å²) in [5.74, 6) is 0.808. The van der Waals surface area contributed by atoms with Crippen molar-refractivity contribution in [2.24, 2.45) is 5.10 Å². The van der Waals surface area contributed by atoms with Crippen molar-refractivity contribution in [3.05, 3.63) is 95.8 Å². The molecule has 1 amide bonds. The van der Waals surface area contributed by atoms with Gasteiger partial charge in [-0.15, -0.1) is 5.10 Å². The molecule has 4 rings (SSSR count). The minimum Gasteiger partial charge on any atom is -0.355 e. The second-order valence-electron chi connectivity index (χ2n) is 7.15. The third-order valence-corrected chi connectivity index (χ3v) is 5.28. The first-order valence-corrected chi connectivity index (χ1v) is 10.4. The maximum Gasteiger partial charge on any atom is 0.349 e. The number of rotatable bonds is 5. The lowest BCUT2D eigenvalue weighted by atomic mass is 10.0. The lowest BCUT2D eigenvalue weighted by Gasteiger charge is -2.29. The Bertz CT molecular complexity index is 1060. The standard InChI is InChI=1S/C25H26N4O/c1-3-27(4-2)24-23(21-14-9-6-10-15-21)18-22-16-11-17-28(22)25(30)29(26-24)19-20-12-7-5-8-13-20/h5-18H,3-4,19H2,1-2H3/b23-18-,26-24+. The molecule has 0 spiro atoms. The Morgan fingerprint density at radius 1 is 0.867 bits per heavy atom. The number of hydrazone groups is 1. The molecule has 1 aliphatic heterocycles. The van der Waals surface area contributed by atoms with Crippen LogP contribution < -0.4 is 0 Å². The van der Waals surface area contributed by atoms with Gasteiger partial charge in [-0.1, -0.05) is 60.7 Å². The van der Waals surface area contributed by atoms with E-state index in [1.807, 2.05) is 60.7 Å². The Hall–Kier alpha value is -3.60. The zero-order valence-corrected chi connectivity index (χ0v) is 17.4. The highest BCUT2D eigenvalue weighted by atomic mass is 16.2. The van der Waals surface area contributed by atoms with Crippen molar-refractivity contribution in [3.8, 4) is 0 Å². The van der Waals surface area contributed by atoms with E-state index in [2.05, 4.69) is 37.0 Å². The number of hydrogen-bond acceptors (Lipinski definition) is 3. The van der Waals surface area contributed by atoms with E-state index in [1.165, 1.54) is 0 Å². The van der Waals surface area contributed by atoms with Gasteiger partial charge in [0.2, 0.25) is 0 Å². The monoisotopic (exact) mass is 398 g/mol. The van der Waals surface area contributed by atoms with E-state index in [0.717, 1.165) is 41.3 Å². The normalized spacial score (nSPS) is 17.3. The molecule has 0 saturated carbocycles. The molecule has 0 atom stereocenters. The van der Waals surface area contributed by atoms with Crippen molar-refractivity contribution in [3.63, 3.8) is 0 Å². The number of amidine groups is 1. The zero-order chi connectivity index (χ0) is 20.9. The van der Waals surface area contributed by atoms with Crippen molar-refractivity contribution in [2.75, 3.05) is 13.1 Å². The highest BCUT2D eigenvalue weighted by molar-refractivity contribution is 6.27. The summed E-state index contributed by atoms with van der Waals surface area (Å²) in [6, 6.07) is 23.9. The van der Waals surface area contributed by atoms with E-state index in [9.17, 15) is 4.79 Å². The van der Waals surface area contributed by atoms with Crippen molar-refractivity contribution in [1.82, 2.24) is 14.5 Å². The molecule has 1 aromatic heterocycles. The predicted molar refractivity (Wildman–Crippen MR) is 122 cm³/mol. The topological polar surface area (TPSA) is 40.8 Å². The first-order chi connectivity index (χ1) is 14.7. The van der Waals surface area contributed by atoms with E-state index in [1.54, 1.807) is 15.8 Å². The summed E-state index contributed by atoms with van der Waals surface area (Å²) in [7, 11) is 0. The summed E-state index contributed by atoms with van der Waals surface area (Å²) in [5, 5.41) is 6.50. The maximum absolute atomic E-state index is 13.4. The van der Waals surface area contributed by atoms with Crippen LogP contribution in [0.1, 0.15) is 30.7 Å². The molecule has 0 unspecified atom stereocenters. The number of carbonyl (C=O) groups excluding carboxylic acids is 1. The Labute approximate surface area is 177 Å². The van der Waals surface area contributed by atoms with Crippen LogP contribution in [0.2, 0.25) is 0 Å².